The predicted molar refractivity (Wildman–Crippen MR) is 129 cm³/mol. The van der Waals surface area contributed by atoms with Gasteiger partial charge >= 0.3 is 0 Å². The first-order valence-corrected chi connectivity index (χ1v) is 10.6. The first-order chi connectivity index (χ1) is 14.9. The van der Waals surface area contributed by atoms with Gasteiger partial charge in [-0.1, -0.05) is 28.1 Å². The van der Waals surface area contributed by atoms with Crippen molar-refractivity contribution in [3.63, 3.8) is 0 Å². The summed E-state index contributed by atoms with van der Waals surface area (Å²) in [5.74, 6) is 0.689. The number of hydrogen-bond donors (Lipinski definition) is 2. The summed E-state index contributed by atoms with van der Waals surface area (Å²) in [6.07, 6.45) is 0. The highest BCUT2D eigenvalue weighted by Crippen LogP contribution is 2.28. The first kappa shape index (κ1) is 21.0. The van der Waals surface area contributed by atoms with Crippen molar-refractivity contribution in [1.82, 2.24) is 10.3 Å². The van der Waals surface area contributed by atoms with E-state index in [9.17, 15) is 4.79 Å². The molecule has 0 aliphatic heterocycles. The molecule has 0 saturated heterocycles. The Hall–Kier alpha value is -3.23. The molecule has 1 aromatic heterocycles. The maximum atomic E-state index is 12.7. The van der Waals surface area contributed by atoms with Crippen molar-refractivity contribution >= 4 is 56.0 Å². The van der Waals surface area contributed by atoms with E-state index in [0.717, 1.165) is 32.4 Å². The number of amides is 1. The van der Waals surface area contributed by atoms with Gasteiger partial charge in [0.2, 0.25) is 5.89 Å². The average Bonchev–Trinajstić information content (AvgIpc) is 3.18. The van der Waals surface area contributed by atoms with Crippen LogP contribution < -0.4 is 15.4 Å². The molecule has 0 saturated carbocycles. The van der Waals surface area contributed by atoms with E-state index in [4.69, 9.17) is 21.4 Å². The van der Waals surface area contributed by atoms with Crippen molar-refractivity contribution in [2.24, 2.45) is 0 Å². The van der Waals surface area contributed by atoms with Crippen molar-refractivity contribution in [2.75, 3.05) is 12.4 Å². The zero-order chi connectivity index (χ0) is 22.0. The Morgan fingerprint density at radius 2 is 1.87 bits per heavy atom. The summed E-state index contributed by atoms with van der Waals surface area (Å²) in [4.78, 5) is 17.2. The molecule has 6 nitrogen and oxygen atoms in total. The number of benzene rings is 3. The normalized spacial score (nSPS) is 10.7. The molecule has 1 heterocycles. The van der Waals surface area contributed by atoms with E-state index in [1.54, 1.807) is 6.07 Å². The Morgan fingerprint density at radius 1 is 1.13 bits per heavy atom. The summed E-state index contributed by atoms with van der Waals surface area (Å²) in [6, 6.07) is 18.6. The molecule has 0 radical (unpaired) electrons. The minimum Gasteiger partial charge on any atom is -0.496 e. The van der Waals surface area contributed by atoms with Crippen molar-refractivity contribution in [2.45, 2.75) is 6.92 Å². The Kier molecular flexibility index (Phi) is 6.01. The van der Waals surface area contributed by atoms with Crippen LogP contribution in [0.3, 0.4) is 0 Å². The number of aromatic nitrogens is 1. The van der Waals surface area contributed by atoms with Crippen LogP contribution in [0.15, 0.2) is 69.6 Å². The molecule has 0 bridgehead atoms. The largest absolute Gasteiger partial charge is 0.496 e. The topological polar surface area (TPSA) is 76.4 Å². The Morgan fingerprint density at radius 3 is 2.58 bits per heavy atom. The van der Waals surface area contributed by atoms with Gasteiger partial charge in [0.25, 0.3) is 5.91 Å². The van der Waals surface area contributed by atoms with Gasteiger partial charge in [-0.15, -0.1) is 0 Å². The second-order valence-electron chi connectivity index (χ2n) is 6.78. The minimum atomic E-state index is -0.359. The van der Waals surface area contributed by atoms with Crippen LogP contribution >= 0.6 is 28.1 Å². The van der Waals surface area contributed by atoms with Gasteiger partial charge in [-0.05, 0) is 73.2 Å². The van der Waals surface area contributed by atoms with Gasteiger partial charge in [0.15, 0.2) is 10.7 Å². The lowest BCUT2D eigenvalue weighted by Gasteiger charge is -2.14. The maximum Gasteiger partial charge on any atom is 0.261 e. The highest BCUT2D eigenvalue weighted by Gasteiger charge is 2.17. The SMILES string of the molecule is COc1c(C)cc(Br)cc1C(=O)NC(=S)Nc1ccc(-c2nc3ccccc3o2)cc1. The summed E-state index contributed by atoms with van der Waals surface area (Å²) in [5.41, 5.74) is 4.35. The summed E-state index contributed by atoms with van der Waals surface area (Å²) >= 11 is 8.71. The number of para-hydroxylation sites is 2. The molecule has 2 N–H and O–H groups in total. The number of methoxy groups -OCH3 is 1. The monoisotopic (exact) mass is 495 g/mol. The van der Waals surface area contributed by atoms with E-state index in [1.807, 2.05) is 61.5 Å². The molecule has 3 aromatic carbocycles. The quantitative estimate of drug-likeness (QED) is 0.353. The van der Waals surface area contributed by atoms with E-state index in [1.165, 1.54) is 7.11 Å². The number of rotatable bonds is 4. The minimum absolute atomic E-state index is 0.180. The number of oxazole rings is 1. The van der Waals surface area contributed by atoms with Crippen LogP contribution in [0.5, 0.6) is 5.75 Å². The number of anilines is 1. The van der Waals surface area contributed by atoms with Crippen molar-refractivity contribution < 1.29 is 13.9 Å². The lowest BCUT2D eigenvalue weighted by Crippen LogP contribution is -2.34. The fourth-order valence-electron chi connectivity index (χ4n) is 3.19. The number of hydrogen-bond acceptors (Lipinski definition) is 5. The molecule has 31 heavy (non-hydrogen) atoms. The number of ether oxygens (including phenoxy) is 1. The number of carbonyl (C=O) groups excluding carboxylic acids is 1. The van der Waals surface area contributed by atoms with Crippen molar-refractivity contribution in [3.8, 4) is 17.2 Å². The fourth-order valence-corrected chi connectivity index (χ4v) is 3.98. The molecule has 4 rings (SSSR count). The third kappa shape index (κ3) is 4.60. The second-order valence-corrected chi connectivity index (χ2v) is 8.10. The maximum absolute atomic E-state index is 12.7. The molecular formula is C23H18BrN3O3S. The predicted octanol–water partition coefficient (Wildman–Crippen LogP) is 5.70. The lowest BCUT2D eigenvalue weighted by atomic mass is 10.1. The standard InChI is InChI=1S/C23H18BrN3O3S/c1-13-11-15(24)12-17(20(13)29-2)21(28)27-23(31)25-16-9-7-14(8-10-16)22-26-18-5-3-4-6-19(18)30-22/h3-12H,1-2H3,(H2,25,27,28,31). The number of thiocarbonyl (C=S) groups is 1. The van der Waals surface area contributed by atoms with Gasteiger partial charge in [-0.2, -0.15) is 0 Å². The molecule has 0 aliphatic carbocycles. The third-order valence-electron chi connectivity index (χ3n) is 4.60. The molecule has 156 valence electrons. The number of nitrogens with one attached hydrogen (secondary N) is 2. The summed E-state index contributed by atoms with van der Waals surface area (Å²) in [7, 11) is 1.53. The van der Waals surface area contributed by atoms with Crippen LogP contribution in [0.1, 0.15) is 15.9 Å². The van der Waals surface area contributed by atoms with Gasteiger partial charge in [0, 0.05) is 15.7 Å². The van der Waals surface area contributed by atoms with Crippen LogP contribution in [0, 0.1) is 6.92 Å². The second kappa shape index (κ2) is 8.87. The average molecular weight is 496 g/mol. The third-order valence-corrected chi connectivity index (χ3v) is 5.26. The van der Waals surface area contributed by atoms with Crippen LogP contribution in [0.2, 0.25) is 0 Å². The first-order valence-electron chi connectivity index (χ1n) is 9.37. The Labute approximate surface area is 192 Å². The smallest absolute Gasteiger partial charge is 0.261 e. The molecule has 0 aliphatic rings. The van der Waals surface area contributed by atoms with Crippen LogP contribution in [0.25, 0.3) is 22.6 Å². The van der Waals surface area contributed by atoms with E-state index in [2.05, 4.69) is 31.5 Å². The number of aryl methyl sites for hydroxylation is 1. The molecule has 0 fully saturated rings. The molecule has 1 amide bonds. The Balaban J connectivity index is 1.45. The molecular weight excluding hydrogens is 478 g/mol. The van der Waals surface area contributed by atoms with Gasteiger partial charge < -0.3 is 14.5 Å². The van der Waals surface area contributed by atoms with Crippen molar-refractivity contribution in [1.29, 1.82) is 0 Å². The van der Waals surface area contributed by atoms with Crippen LogP contribution in [0.4, 0.5) is 5.69 Å². The summed E-state index contributed by atoms with van der Waals surface area (Å²) < 4.78 is 11.9. The van der Waals surface area contributed by atoms with E-state index >= 15 is 0 Å². The summed E-state index contributed by atoms with van der Waals surface area (Å²) in [5, 5.41) is 5.88. The molecule has 0 atom stereocenters. The van der Waals surface area contributed by atoms with Gasteiger partial charge in [0.05, 0.1) is 12.7 Å². The highest BCUT2D eigenvalue weighted by molar-refractivity contribution is 9.10. The fraction of sp³-hybridized carbons (Fsp3) is 0.0870. The number of nitrogens with zero attached hydrogens (tertiary/aromatic N) is 1. The highest BCUT2D eigenvalue weighted by atomic mass is 79.9. The number of fused-ring (bicyclic) bond motifs is 1. The molecule has 8 heteroatoms. The molecule has 0 unspecified atom stereocenters. The number of carbonyl (C=O) groups is 1. The van der Waals surface area contributed by atoms with Crippen LogP contribution in [-0.2, 0) is 0 Å². The molecule has 4 aromatic rings. The van der Waals surface area contributed by atoms with E-state index < -0.39 is 0 Å². The zero-order valence-corrected chi connectivity index (χ0v) is 19.1. The van der Waals surface area contributed by atoms with E-state index in [0.29, 0.717) is 17.2 Å². The Bertz CT molecular complexity index is 1250. The van der Waals surface area contributed by atoms with Gasteiger partial charge in [0.1, 0.15) is 11.3 Å². The van der Waals surface area contributed by atoms with Crippen LogP contribution in [-0.4, -0.2) is 23.1 Å². The van der Waals surface area contributed by atoms with Crippen molar-refractivity contribution in [3.05, 3.63) is 76.3 Å². The van der Waals surface area contributed by atoms with E-state index in [-0.39, 0.29) is 11.0 Å². The van der Waals surface area contributed by atoms with Gasteiger partial charge in [-0.3, -0.25) is 10.1 Å². The van der Waals surface area contributed by atoms with Gasteiger partial charge in [-0.25, -0.2) is 4.98 Å². The number of halogens is 1. The lowest BCUT2D eigenvalue weighted by molar-refractivity contribution is 0.0974. The summed E-state index contributed by atoms with van der Waals surface area (Å²) in [6.45, 7) is 1.87. The molecule has 0 spiro atoms. The zero-order valence-electron chi connectivity index (χ0n) is 16.7.